The molecule has 152 valence electrons. The summed E-state index contributed by atoms with van der Waals surface area (Å²) in [5.74, 6) is -0.210. The van der Waals surface area contributed by atoms with Crippen molar-refractivity contribution in [3.63, 3.8) is 0 Å². The molecule has 0 spiro atoms. The highest BCUT2D eigenvalue weighted by Crippen LogP contribution is 2.25. The molecule has 0 aliphatic carbocycles. The highest BCUT2D eigenvalue weighted by molar-refractivity contribution is 5.85. The molecule has 0 unspecified atom stereocenters. The predicted molar refractivity (Wildman–Crippen MR) is 102 cm³/mol. The van der Waals surface area contributed by atoms with Gasteiger partial charge in [0, 0.05) is 18.3 Å². The van der Waals surface area contributed by atoms with Crippen LogP contribution in [0.4, 0.5) is 14.9 Å². The molecule has 29 heavy (non-hydrogen) atoms. The number of nitrogens with one attached hydrogen (secondary N) is 1. The van der Waals surface area contributed by atoms with Crippen LogP contribution in [0.3, 0.4) is 0 Å². The van der Waals surface area contributed by atoms with Crippen LogP contribution >= 0.6 is 0 Å². The monoisotopic (exact) mass is 401 g/mol. The molecule has 0 radical (unpaired) electrons. The summed E-state index contributed by atoms with van der Waals surface area (Å²) < 4.78 is 31.4. The van der Waals surface area contributed by atoms with Gasteiger partial charge < -0.3 is 14.2 Å². The van der Waals surface area contributed by atoms with Crippen molar-refractivity contribution in [3.05, 3.63) is 48.7 Å². The molecule has 2 heterocycles. The largest absolute Gasteiger partial charge is 0.467 e. The van der Waals surface area contributed by atoms with Gasteiger partial charge in [-0.3, -0.25) is 5.32 Å². The summed E-state index contributed by atoms with van der Waals surface area (Å²) in [5.41, 5.74) is -0.103. The SMILES string of the molecule is COc1ncc(-n2ccc(Oc3ccc(NC(=O)OC(C)(C)C)c(F)c3)n2)cn1. The molecule has 1 amide bonds. The fourth-order valence-electron chi connectivity index (χ4n) is 2.23. The van der Waals surface area contributed by atoms with Gasteiger partial charge in [0.05, 0.1) is 25.2 Å². The van der Waals surface area contributed by atoms with Gasteiger partial charge >= 0.3 is 12.1 Å². The Hall–Kier alpha value is -3.69. The summed E-state index contributed by atoms with van der Waals surface area (Å²) in [5, 5.41) is 6.59. The second-order valence-electron chi connectivity index (χ2n) is 6.90. The average molecular weight is 401 g/mol. The van der Waals surface area contributed by atoms with Crippen molar-refractivity contribution in [1.82, 2.24) is 19.7 Å². The Balaban J connectivity index is 1.67. The first kappa shape index (κ1) is 20.1. The minimum absolute atomic E-state index is 0.0208. The van der Waals surface area contributed by atoms with Crippen LogP contribution in [0.1, 0.15) is 20.8 Å². The number of aromatic nitrogens is 4. The maximum absolute atomic E-state index is 14.3. The molecule has 0 aliphatic rings. The fourth-order valence-corrected chi connectivity index (χ4v) is 2.23. The number of carbonyl (C=O) groups is 1. The number of ether oxygens (including phenoxy) is 3. The second-order valence-corrected chi connectivity index (χ2v) is 6.90. The molecule has 2 aromatic heterocycles. The first-order chi connectivity index (χ1) is 13.7. The molecule has 10 heteroatoms. The molecule has 1 N–H and O–H groups in total. The highest BCUT2D eigenvalue weighted by Gasteiger charge is 2.17. The van der Waals surface area contributed by atoms with Gasteiger partial charge in [-0.2, -0.15) is 0 Å². The van der Waals surface area contributed by atoms with Gasteiger partial charge in [-0.15, -0.1) is 5.10 Å². The van der Waals surface area contributed by atoms with Gasteiger partial charge in [-0.1, -0.05) is 0 Å². The van der Waals surface area contributed by atoms with E-state index in [9.17, 15) is 9.18 Å². The number of amides is 1. The van der Waals surface area contributed by atoms with Crippen LogP contribution < -0.4 is 14.8 Å². The molecule has 3 aromatic rings. The third kappa shape index (κ3) is 5.41. The topological polar surface area (TPSA) is 100 Å². The normalized spacial score (nSPS) is 11.1. The van der Waals surface area contributed by atoms with E-state index in [1.165, 1.54) is 23.9 Å². The van der Waals surface area contributed by atoms with Gasteiger partial charge in [-0.25, -0.2) is 23.8 Å². The van der Waals surface area contributed by atoms with Crippen LogP contribution in [0.15, 0.2) is 42.9 Å². The van der Waals surface area contributed by atoms with Crippen molar-refractivity contribution in [3.8, 4) is 23.3 Å². The number of halogens is 1. The standard InChI is InChI=1S/C19H20FN5O4/c1-19(2,3)29-18(26)23-15-6-5-13(9-14(15)20)28-16-7-8-25(24-16)12-10-21-17(27-4)22-11-12/h5-11H,1-4H3,(H,23,26). The Bertz CT molecular complexity index is 999. The molecule has 1 aromatic carbocycles. The molecule has 9 nitrogen and oxygen atoms in total. The fraction of sp³-hybridized carbons (Fsp3) is 0.263. The van der Waals surface area contributed by atoms with Crippen LogP contribution in [0.2, 0.25) is 0 Å². The van der Waals surface area contributed by atoms with Crippen molar-refractivity contribution in [1.29, 1.82) is 0 Å². The zero-order valence-electron chi connectivity index (χ0n) is 16.3. The summed E-state index contributed by atoms with van der Waals surface area (Å²) in [6, 6.07) is 5.87. The molecule has 3 rings (SSSR count). The quantitative estimate of drug-likeness (QED) is 0.691. The highest BCUT2D eigenvalue weighted by atomic mass is 19.1. The smallest absolute Gasteiger partial charge is 0.412 e. The number of hydrogen-bond donors (Lipinski definition) is 1. The van der Waals surface area contributed by atoms with Crippen molar-refractivity contribution in [2.24, 2.45) is 0 Å². The number of methoxy groups -OCH3 is 1. The van der Waals surface area contributed by atoms with Crippen LogP contribution in [0.5, 0.6) is 17.6 Å². The molecule has 0 aliphatic heterocycles. The summed E-state index contributed by atoms with van der Waals surface area (Å²) in [4.78, 5) is 19.8. The van der Waals surface area contributed by atoms with E-state index in [0.717, 1.165) is 6.07 Å². The van der Waals surface area contributed by atoms with Crippen LogP contribution in [0.25, 0.3) is 5.69 Å². The van der Waals surface area contributed by atoms with E-state index in [1.54, 1.807) is 45.4 Å². The number of carbonyl (C=O) groups excluding carboxylic acids is 1. The number of anilines is 1. The van der Waals surface area contributed by atoms with Crippen molar-refractivity contribution in [2.45, 2.75) is 26.4 Å². The molecule has 0 fully saturated rings. The maximum Gasteiger partial charge on any atom is 0.412 e. The Kier molecular flexibility index (Phi) is 5.62. The van der Waals surface area contributed by atoms with Gasteiger partial charge in [0.1, 0.15) is 17.0 Å². The molecular weight excluding hydrogens is 381 g/mol. The lowest BCUT2D eigenvalue weighted by Crippen LogP contribution is -2.27. The number of benzene rings is 1. The molecule has 0 saturated heterocycles. The van der Waals surface area contributed by atoms with E-state index in [4.69, 9.17) is 14.2 Å². The Labute approximate surface area is 166 Å². The first-order valence-corrected chi connectivity index (χ1v) is 8.63. The van der Waals surface area contributed by atoms with Gasteiger partial charge in [0.2, 0.25) is 5.88 Å². The predicted octanol–water partition coefficient (Wildman–Crippen LogP) is 3.95. The van der Waals surface area contributed by atoms with Gasteiger partial charge in [0.15, 0.2) is 5.82 Å². The minimum Gasteiger partial charge on any atom is -0.467 e. The lowest BCUT2D eigenvalue weighted by atomic mass is 10.2. The number of hydrogen-bond acceptors (Lipinski definition) is 7. The van der Waals surface area contributed by atoms with E-state index in [2.05, 4.69) is 20.4 Å². The van der Waals surface area contributed by atoms with E-state index in [-0.39, 0.29) is 23.3 Å². The summed E-state index contributed by atoms with van der Waals surface area (Å²) >= 11 is 0. The Morgan fingerprint density at radius 3 is 2.52 bits per heavy atom. The van der Waals surface area contributed by atoms with Gasteiger partial charge in [0.25, 0.3) is 0 Å². The molecule has 0 bridgehead atoms. The van der Waals surface area contributed by atoms with Crippen molar-refractivity contribution < 1.29 is 23.4 Å². The van der Waals surface area contributed by atoms with E-state index in [1.807, 2.05) is 0 Å². The molecule has 0 saturated carbocycles. The number of nitrogens with zero attached hydrogens (tertiary/aromatic N) is 4. The van der Waals surface area contributed by atoms with Crippen molar-refractivity contribution in [2.75, 3.05) is 12.4 Å². The van der Waals surface area contributed by atoms with Crippen LogP contribution in [-0.4, -0.2) is 38.6 Å². The zero-order valence-corrected chi connectivity index (χ0v) is 16.3. The lowest BCUT2D eigenvalue weighted by Gasteiger charge is -2.19. The zero-order chi connectivity index (χ0) is 21.0. The van der Waals surface area contributed by atoms with Crippen molar-refractivity contribution >= 4 is 11.8 Å². The second kappa shape index (κ2) is 8.13. The van der Waals surface area contributed by atoms with Crippen LogP contribution in [-0.2, 0) is 4.74 Å². The minimum atomic E-state index is -0.745. The third-order valence-electron chi connectivity index (χ3n) is 3.42. The summed E-state index contributed by atoms with van der Waals surface area (Å²) in [7, 11) is 1.47. The third-order valence-corrected chi connectivity index (χ3v) is 3.42. The van der Waals surface area contributed by atoms with E-state index >= 15 is 0 Å². The molecular formula is C19H20FN5O4. The van der Waals surface area contributed by atoms with Crippen LogP contribution in [0, 0.1) is 5.82 Å². The molecule has 0 atom stereocenters. The van der Waals surface area contributed by atoms with E-state index in [0.29, 0.717) is 5.69 Å². The maximum atomic E-state index is 14.3. The summed E-state index contributed by atoms with van der Waals surface area (Å²) in [6.07, 6.45) is 3.99. The first-order valence-electron chi connectivity index (χ1n) is 8.63. The summed E-state index contributed by atoms with van der Waals surface area (Å²) in [6.45, 7) is 5.16. The number of rotatable bonds is 5. The Morgan fingerprint density at radius 1 is 1.17 bits per heavy atom. The van der Waals surface area contributed by atoms with Gasteiger partial charge in [-0.05, 0) is 32.9 Å². The van der Waals surface area contributed by atoms with E-state index < -0.39 is 17.5 Å². The Morgan fingerprint density at radius 2 is 1.90 bits per heavy atom. The average Bonchev–Trinajstić information content (AvgIpc) is 3.11. The lowest BCUT2D eigenvalue weighted by molar-refractivity contribution is 0.0635.